The molecule has 0 unspecified atom stereocenters. The first kappa shape index (κ1) is 11.2. The van der Waals surface area contributed by atoms with Gasteiger partial charge in [0.15, 0.2) is 0 Å². The molecule has 0 amide bonds. The summed E-state index contributed by atoms with van der Waals surface area (Å²) in [5.41, 5.74) is 0.800. The van der Waals surface area contributed by atoms with Gasteiger partial charge < -0.3 is 9.67 Å². The predicted octanol–water partition coefficient (Wildman–Crippen LogP) is 1.19. The first-order valence-corrected chi connectivity index (χ1v) is 4.58. The molecule has 4 nitrogen and oxygen atoms in total. The molecule has 0 bridgehead atoms. The molecule has 0 aromatic carbocycles. The fourth-order valence-electron chi connectivity index (χ4n) is 1.12. The van der Waals surface area contributed by atoms with Crippen LogP contribution in [0, 0.1) is 6.92 Å². The lowest BCUT2D eigenvalue weighted by Gasteiger charge is -2.02. The predicted molar refractivity (Wildman–Crippen MR) is 56.8 cm³/mol. The van der Waals surface area contributed by atoms with Crippen molar-refractivity contribution in [3.63, 3.8) is 0 Å². The molecule has 0 radical (unpaired) electrons. The zero-order chi connectivity index (χ0) is 11.4. The van der Waals surface area contributed by atoms with Gasteiger partial charge in [-0.3, -0.25) is 4.79 Å². The number of hydrogen-bond acceptors (Lipinski definition) is 2. The quantitative estimate of drug-likeness (QED) is 0.757. The van der Waals surface area contributed by atoms with Crippen molar-refractivity contribution in [2.75, 3.05) is 0 Å². The zero-order valence-electron chi connectivity index (χ0n) is 8.73. The maximum Gasteiger partial charge on any atom is 0.331 e. The van der Waals surface area contributed by atoms with Gasteiger partial charge >= 0.3 is 5.97 Å². The van der Waals surface area contributed by atoms with Crippen molar-refractivity contribution >= 4 is 5.97 Å². The van der Waals surface area contributed by atoms with E-state index in [0.29, 0.717) is 12.1 Å². The van der Waals surface area contributed by atoms with E-state index in [1.54, 1.807) is 25.3 Å². The van der Waals surface area contributed by atoms with E-state index in [9.17, 15) is 9.59 Å². The Bertz CT molecular complexity index is 457. The summed E-state index contributed by atoms with van der Waals surface area (Å²) >= 11 is 0. The number of allylic oxidation sites excluding steroid dienone is 1. The van der Waals surface area contributed by atoms with Gasteiger partial charge in [0.25, 0.3) is 5.56 Å². The number of rotatable bonds is 3. The summed E-state index contributed by atoms with van der Waals surface area (Å²) in [6.07, 6.45) is 3.16. The molecule has 4 heteroatoms. The molecule has 0 saturated carbocycles. The van der Waals surface area contributed by atoms with Crippen molar-refractivity contribution in [3.05, 3.63) is 45.9 Å². The van der Waals surface area contributed by atoms with Crippen molar-refractivity contribution in [1.82, 2.24) is 4.57 Å². The number of carboxylic acids is 1. The fourth-order valence-corrected chi connectivity index (χ4v) is 1.12. The van der Waals surface area contributed by atoms with Crippen LogP contribution in [0.15, 0.2) is 34.8 Å². The van der Waals surface area contributed by atoms with E-state index in [1.165, 1.54) is 17.6 Å². The molecular weight excluding hydrogens is 194 g/mol. The summed E-state index contributed by atoms with van der Waals surface area (Å²) in [4.78, 5) is 22.1. The fraction of sp³-hybridized carbons (Fsp3) is 0.273. The molecule has 1 rings (SSSR count). The molecule has 0 spiro atoms. The van der Waals surface area contributed by atoms with Gasteiger partial charge in [-0.1, -0.05) is 12.1 Å². The highest BCUT2D eigenvalue weighted by molar-refractivity contribution is 5.85. The van der Waals surface area contributed by atoms with Crippen molar-refractivity contribution in [1.29, 1.82) is 0 Å². The molecule has 1 aromatic rings. The third kappa shape index (κ3) is 2.80. The van der Waals surface area contributed by atoms with Crippen LogP contribution in [0.25, 0.3) is 0 Å². The van der Waals surface area contributed by atoms with E-state index in [2.05, 4.69) is 0 Å². The van der Waals surface area contributed by atoms with Gasteiger partial charge in [-0.05, 0) is 19.9 Å². The molecule has 1 N–H and O–H groups in total. The summed E-state index contributed by atoms with van der Waals surface area (Å²) in [5, 5.41) is 8.63. The van der Waals surface area contributed by atoms with Crippen LogP contribution in [-0.4, -0.2) is 15.6 Å². The lowest BCUT2D eigenvalue weighted by molar-refractivity contribution is -0.132. The highest BCUT2D eigenvalue weighted by atomic mass is 16.4. The van der Waals surface area contributed by atoms with Crippen LogP contribution < -0.4 is 5.56 Å². The van der Waals surface area contributed by atoms with Crippen molar-refractivity contribution in [2.45, 2.75) is 20.4 Å². The van der Waals surface area contributed by atoms with Gasteiger partial charge in [0.1, 0.15) is 0 Å². The maximum absolute atomic E-state index is 11.5. The Morgan fingerprint density at radius 3 is 2.87 bits per heavy atom. The minimum atomic E-state index is -0.962. The smallest absolute Gasteiger partial charge is 0.331 e. The molecular formula is C11H13NO3. The van der Waals surface area contributed by atoms with Crippen LogP contribution in [0.4, 0.5) is 0 Å². The summed E-state index contributed by atoms with van der Waals surface area (Å²) < 4.78 is 1.47. The van der Waals surface area contributed by atoms with E-state index in [-0.39, 0.29) is 11.1 Å². The number of aryl methyl sites for hydroxylation is 1. The minimum Gasteiger partial charge on any atom is -0.478 e. The summed E-state index contributed by atoms with van der Waals surface area (Å²) in [7, 11) is 0. The number of carboxylic acid groups (broad SMARTS) is 1. The topological polar surface area (TPSA) is 59.3 Å². The third-order valence-corrected chi connectivity index (χ3v) is 2.14. The lowest BCUT2D eigenvalue weighted by Crippen LogP contribution is -2.20. The van der Waals surface area contributed by atoms with Crippen LogP contribution in [0.1, 0.15) is 12.5 Å². The molecule has 80 valence electrons. The number of aliphatic carboxylic acids is 1. The Kier molecular flexibility index (Phi) is 3.44. The van der Waals surface area contributed by atoms with Crippen LogP contribution in [0.3, 0.4) is 0 Å². The minimum absolute atomic E-state index is 0.0908. The van der Waals surface area contributed by atoms with E-state index in [1.807, 2.05) is 0 Å². The molecule has 0 fully saturated rings. The Balaban J connectivity index is 2.92. The largest absolute Gasteiger partial charge is 0.478 e. The molecule has 1 aromatic heterocycles. The average Bonchev–Trinajstić information content (AvgIpc) is 2.19. The van der Waals surface area contributed by atoms with Gasteiger partial charge in [-0.15, -0.1) is 0 Å². The average molecular weight is 207 g/mol. The molecule has 15 heavy (non-hydrogen) atoms. The molecule has 0 aliphatic rings. The first-order valence-electron chi connectivity index (χ1n) is 4.58. The Morgan fingerprint density at radius 1 is 1.60 bits per heavy atom. The lowest BCUT2D eigenvalue weighted by atomic mass is 10.2. The van der Waals surface area contributed by atoms with Gasteiger partial charge in [0.2, 0.25) is 0 Å². The highest BCUT2D eigenvalue weighted by Gasteiger charge is 2.00. The van der Waals surface area contributed by atoms with Crippen LogP contribution >= 0.6 is 0 Å². The third-order valence-electron chi connectivity index (χ3n) is 2.14. The Morgan fingerprint density at radius 2 is 2.27 bits per heavy atom. The Hall–Kier alpha value is -1.84. The molecule has 0 saturated heterocycles. The van der Waals surface area contributed by atoms with E-state index in [4.69, 9.17) is 5.11 Å². The van der Waals surface area contributed by atoms with Crippen molar-refractivity contribution in [2.24, 2.45) is 0 Å². The van der Waals surface area contributed by atoms with Crippen molar-refractivity contribution in [3.8, 4) is 0 Å². The number of hydrogen-bond donors (Lipinski definition) is 1. The van der Waals surface area contributed by atoms with Crippen LogP contribution in [0.2, 0.25) is 0 Å². The number of pyridine rings is 1. The van der Waals surface area contributed by atoms with E-state index < -0.39 is 5.97 Å². The summed E-state index contributed by atoms with van der Waals surface area (Å²) in [6.45, 7) is 3.52. The second-order valence-corrected chi connectivity index (χ2v) is 3.34. The van der Waals surface area contributed by atoms with Crippen molar-refractivity contribution < 1.29 is 9.90 Å². The van der Waals surface area contributed by atoms with Crippen LogP contribution in [-0.2, 0) is 11.3 Å². The second-order valence-electron chi connectivity index (χ2n) is 3.34. The second kappa shape index (κ2) is 4.59. The highest BCUT2D eigenvalue weighted by Crippen LogP contribution is 1.95. The SMILES string of the molecule is C/C(=C/Cn1cccc(C)c1=O)C(=O)O. The normalized spacial score (nSPS) is 11.5. The van der Waals surface area contributed by atoms with E-state index in [0.717, 1.165) is 0 Å². The monoisotopic (exact) mass is 207 g/mol. The maximum atomic E-state index is 11.5. The standard InChI is InChI=1S/C11H13NO3/c1-8-4-3-6-12(10(8)13)7-5-9(2)11(14)15/h3-6H,7H2,1-2H3,(H,14,15)/b9-5-. The summed E-state index contributed by atoms with van der Waals surface area (Å²) in [6, 6.07) is 3.49. The molecule has 1 heterocycles. The molecule has 0 atom stereocenters. The van der Waals surface area contributed by atoms with Gasteiger partial charge in [0.05, 0.1) is 0 Å². The number of aromatic nitrogens is 1. The Labute approximate surface area is 87.5 Å². The summed E-state index contributed by atoms with van der Waals surface area (Å²) in [5.74, 6) is -0.962. The van der Waals surface area contributed by atoms with Gasteiger partial charge in [-0.25, -0.2) is 4.79 Å². The molecule has 0 aliphatic heterocycles. The van der Waals surface area contributed by atoms with E-state index >= 15 is 0 Å². The first-order chi connectivity index (χ1) is 7.02. The van der Waals surface area contributed by atoms with Gasteiger partial charge in [0, 0.05) is 23.9 Å². The molecule has 0 aliphatic carbocycles. The zero-order valence-corrected chi connectivity index (χ0v) is 8.73. The number of nitrogens with zero attached hydrogens (tertiary/aromatic N) is 1. The number of carbonyl (C=O) groups is 1. The van der Waals surface area contributed by atoms with Gasteiger partial charge in [-0.2, -0.15) is 0 Å². The van der Waals surface area contributed by atoms with Crippen LogP contribution in [0.5, 0.6) is 0 Å².